The second-order valence-corrected chi connectivity index (χ2v) is 5.88. The van der Waals surface area contributed by atoms with Crippen molar-refractivity contribution >= 4 is 0 Å². The zero-order valence-electron chi connectivity index (χ0n) is 13.4. The molecule has 20 heavy (non-hydrogen) atoms. The summed E-state index contributed by atoms with van der Waals surface area (Å²) in [6.07, 6.45) is 9.04. The molecule has 108 valence electrons. The molecular weight excluding hydrogens is 244 g/mol. The van der Waals surface area contributed by atoms with E-state index in [0.717, 1.165) is 13.0 Å². The van der Waals surface area contributed by atoms with E-state index in [9.17, 15) is 0 Å². The van der Waals surface area contributed by atoms with Crippen molar-refractivity contribution in [3.05, 3.63) is 60.2 Å². The lowest BCUT2D eigenvalue weighted by atomic mass is 9.88. The number of nitrogens with zero attached hydrogens (tertiary/aromatic N) is 2. The van der Waals surface area contributed by atoms with Crippen LogP contribution in [0.3, 0.4) is 0 Å². The van der Waals surface area contributed by atoms with Crippen LogP contribution in [-0.4, -0.2) is 4.98 Å². The third-order valence-corrected chi connectivity index (χ3v) is 3.25. The third-order valence-electron chi connectivity index (χ3n) is 3.25. The predicted octanol–water partition coefficient (Wildman–Crippen LogP) is 3.94. The van der Waals surface area contributed by atoms with Crippen LogP contribution in [0.4, 0.5) is 0 Å². The monoisotopic (exact) mass is 271 g/mol. The van der Waals surface area contributed by atoms with E-state index in [0.29, 0.717) is 0 Å². The molecule has 2 aromatic rings. The molecule has 0 aliphatic heterocycles. The summed E-state index contributed by atoms with van der Waals surface area (Å²) in [5.74, 6) is 0. The normalized spacial score (nSPS) is 10.7. The Morgan fingerprint density at radius 1 is 1.05 bits per heavy atom. The Labute approximate surface area is 123 Å². The molecule has 2 heteroatoms. The highest BCUT2D eigenvalue weighted by atomic mass is 14.9. The second kappa shape index (κ2) is 7.78. The molecule has 0 aromatic carbocycles. The topological polar surface area (TPSA) is 16.8 Å². The quantitative estimate of drug-likeness (QED) is 0.756. The van der Waals surface area contributed by atoms with Gasteiger partial charge in [-0.25, -0.2) is 4.57 Å². The largest absolute Gasteiger partial charge is 0.264 e. The lowest BCUT2D eigenvalue weighted by Gasteiger charge is -2.17. The molecule has 0 aliphatic carbocycles. The SMILES string of the molecule is CC[n+]1ccc(C(C)(C)C)cc1.CCc1cccnc1. The second-order valence-electron chi connectivity index (χ2n) is 5.88. The first-order valence-corrected chi connectivity index (χ1v) is 7.35. The smallest absolute Gasteiger partial charge is 0.169 e. The lowest BCUT2D eigenvalue weighted by molar-refractivity contribution is -0.693. The molecule has 0 spiro atoms. The maximum absolute atomic E-state index is 3.96. The summed E-state index contributed by atoms with van der Waals surface area (Å²) >= 11 is 0. The van der Waals surface area contributed by atoms with Crippen molar-refractivity contribution in [3.8, 4) is 0 Å². The van der Waals surface area contributed by atoms with Crippen LogP contribution in [0.25, 0.3) is 0 Å². The Hall–Kier alpha value is -1.70. The van der Waals surface area contributed by atoms with Gasteiger partial charge in [0.1, 0.15) is 6.54 Å². The highest BCUT2D eigenvalue weighted by Gasteiger charge is 2.14. The summed E-state index contributed by atoms with van der Waals surface area (Å²) in [5, 5.41) is 0. The summed E-state index contributed by atoms with van der Waals surface area (Å²) in [4.78, 5) is 3.96. The molecule has 0 atom stereocenters. The van der Waals surface area contributed by atoms with E-state index in [4.69, 9.17) is 0 Å². The van der Waals surface area contributed by atoms with Crippen molar-refractivity contribution < 1.29 is 4.57 Å². The van der Waals surface area contributed by atoms with Crippen molar-refractivity contribution in [2.24, 2.45) is 0 Å². The molecule has 0 radical (unpaired) electrons. The van der Waals surface area contributed by atoms with Crippen molar-refractivity contribution in [2.75, 3.05) is 0 Å². The third kappa shape index (κ3) is 5.52. The van der Waals surface area contributed by atoms with Crippen molar-refractivity contribution in [1.82, 2.24) is 4.98 Å². The highest BCUT2D eigenvalue weighted by molar-refractivity contribution is 5.17. The molecule has 2 heterocycles. The minimum atomic E-state index is 0.271. The van der Waals surface area contributed by atoms with Crippen LogP contribution in [0.1, 0.15) is 45.7 Å². The maximum Gasteiger partial charge on any atom is 0.169 e. The fraction of sp³-hybridized carbons (Fsp3) is 0.444. The number of aromatic nitrogens is 2. The van der Waals surface area contributed by atoms with Crippen molar-refractivity contribution in [3.63, 3.8) is 0 Å². The first-order valence-electron chi connectivity index (χ1n) is 7.35. The van der Waals surface area contributed by atoms with Crippen LogP contribution in [0.15, 0.2) is 49.1 Å². The van der Waals surface area contributed by atoms with E-state index in [-0.39, 0.29) is 5.41 Å². The summed E-state index contributed by atoms with van der Waals surface area (Å²) in [6.45, 7) is 12.0. The van der Waals surface area contributed by atoms with E-state index in [2.05, 4.69) is 74.8 Å². The highest BCUT2D eigenvalue weighted by Crippen LogP contribution is 2.19. The van der Waals surface area contributed by atoms with Crippen LogP contribution in [0, 0.1) is 0 Å². The average Bonchev–Trinajstić information content (AvgIpc) is 2.48. The first kappa shape index (κ1) is 16.4. The fourth-order valence-corrected chi connectivity index (χ4v) is 1.78. The maximum atomic E-state index is 3.96. The van der Waals surface area contributed by atoms with Gasteiger partial charge >= 0.3 is 0 Å². The Balaban J connectivity index is 0.000000217. The summed E-state index contributed by atoms with van der Waals surface area (Å²) in [5.41, 5.74) is 2.96. The summed E-state index contributed by atoms with van der Waals surface area (Å²) in [6, 6.07) is 8.43. The minimum Gasteiger partial charge on any atom is -0.264 e. The van der Waals surface area contributed by atoms with Crippen molar-refractivity contribution in [2.45, 2.75) is 53.0 Å². The standard InChI is InChI=1S/C11H18N.C7H9N/c1-5-12-8-6-10(7-9-12)11(2,3)4;1-2-7-4-3-5-8-6-7/h6-9H,5H2,1-4H3;3-6H,2H2,1H3/q+1;. The van der Waals surface area contributed by atoms with Gasteiger partial charge in [-0.05, 0) is 36.0 Å². The Kier molecular flexibility index (Phi) is 6.37. The number of aryl methyl sites for hydroxylation is 2. The molecule has 0 amide bonds. The van der Waals surface area contributed by atoms with E-state index in [1.165, 1.54) is 11.1 Å². The molecule has 2 rings (SSSR count). The molecule has 0 saturated heterocycles. The van der Waals surface area contributed by atoms with Crippen LogP contribution < -0.4 is 4.57 Å². The molecular formula is C18H27N2+. The number of hydrogen-bond acceptors (Lipinski definition) is 1. The first-order chi connectivity index (χ1) is 9.47. The number of hydrogen-bond donors (Lipinski definition) is 0. The molecule has 0 unspecified atom stereocenters. The zero-order valence-corrected chi connectivity index (χ0v) is 13.4. The van der Waals surface area contributed by atoms with Crippen LogP contribution in [0.5, 0.6) is 0 Å². The van der Waals surface area contributed by atoms with Crippen LogP contribution in [0.2, 0.25) is 0 Å². The van der Waals surface area contributed by atoms with Gasteiger partial charge in [0.2, 0.25) is 0 Å². The Bertz CT molecular complexity index is 481. The summed E-state index contributed by atoms with van der Waals surface area (Å²) in [7, 11) is 0. The van der Waals surface area contributed by atoms with Gasteiger partial charge in [0, 0.05) is 24.5 Å². The molecule has 0 fully saturated rings. The zero-order chi connectivity index (χ0) is 15.0. The summed E-state index contributed by atoms with van der Waals surface area (Å²) < 4.78 is 2.18. The molecule has 2 nitrogen and oxygen atoms in total. The van der Waals surface area contributed by atoms with Gasteiger partial charge in [-0.3, -0.25) is 4.98 Å². The number of pyridine rings is 2. The van der Waals surface area contributed by atoms with Crippen molar-refractivity contribution in [1.29, 1.82) is 0 Å². The number of rotatable bonds is 2. The van der Waals surface area contributed by atoms with Crippen LogP contribution >= 0.6 is 0 Å². The van der Waals surface area contributed by atoms with Gasteiger partial charge in [-0.1, -0.05) is 33.8 Å². The van der Waals surface area contributed by atoms with Gasteiger partial charge in [-0.15, -0.1) is 0 Å². The fourth-order valence-electron chi connectivity index (χ4n) is 1.78. The predicted molar refractivity (Wildman–Crippen MR) is 84.6 cm³/mol. The van der Waals surface area contributed by atoms with Gasteiger partial charge < -0.3 is 0 Å². The Morgan fingerprint density at radius 3 is 2.05 bits per heavy atom. The van der Waals surface area contributed by atoms with E-state index in [1.807, 2.05) is 12.3 Å². The lowest BCUT2D eigenvalue weighted by Crippen LogP contribution is -2.31. The van der Waals surface area contributed by atoms with Gasteiger partial charge in [0.25, 0.3) is 0 Å². The molecule has 0 N–H and O–H groups in total. The van der Waals surface area contributed by atoms with Gasteiger partial charge in [-0.2, -0.15) is 0 Å². The van der Waals surface area contributed by atoms with Gasteiger partial charge in [0.05, 0.1) is 0 Å². The molecule has 0 saturated carbocycles. The average molecular weight is 271 g/mol. The minimum absolute atomic E-state index is 0.271. The molecule has 0 bridgehead atoms. The Morgan fingerprint density at radius 2 is 1.70 bits per heavy atom. The van der Waals surface area contributed by atoms with Gasteiger partial charge in [0.15, 0.2) is 12.4 Å². The van der Waals surface area contributed by atoms with Crippen LogP contribution in [-0.2, 0) is 18.4 Å². The molecule has 2 aromatic heterocycles. The van der Waals surface area contributed by atoms with E-state index >= 15 is 0 Å². The molecule has 0 aliphatic rings. The van der Waals surface area contributed by atoms with E-state index in [1.54, 1.807) is 6.20 Å². The van der Waals surface area contributed by atoms with E-state index < -0.39 is 0 Å².